The number of aryl methyl sites for hydroxylation is 2. The van der Waals surface area contributed by atoms with Crippen LogP contribution in [0.4, 0.5) is 0 Å². The molecule has 0 atom stereocenters. The van der Waals surface area contributed by atoms with Gasteiger partial charge in [0.25, 0.3) is 0 Å². The van der Waals surface area contributed by atoms with Crippen molar-refractivity contribution in [2.45, 2.75) is 27.1 Å². The smallest absolute Gasteiger partial charge is 0.133 e. The molecule has 0 fully saturated rings. The normalized spacial score (nSPS) is 10.5. The number of aliphatic hydroxyl groups is 1. The van der Waals surface area contributed by atoms with Crippen LogP contribution in [0.1, 0.15) is 22.3 Å². The van der Waals surface area contributed by atoms with Crippen molar-refractivity contribution in [2.24, 2.45) is 0 Å². The van der Waals surface area contributed by atoms with Gasteiger partial charge in [-0.15, -0.1) is 0 Å². The molecule has 0 bridgehead atoms. The molecule has 0 aliphatic rings. The average Bonchev–Trinajstić information content (AvgIpc) is 2.46. The van der Waals surface area contributed by atoms with Gasteiger partial charge in [-0.25, -0.2) is 0 Å². The summed E-state index contributed by atoms with van der Waals surface area (Å²) in [6.07, 6.45) is 0. The van der Waals surface area contributed by atoms with Crippen LogP contribution >= 0.6 is 15.9 Å². The Kier molecular flexibility index (Phi) is 5.26. The minimum Gasteiger partial charge on any atom is -0.496 e. The molecule has 112 valence electrons. The molecule has 2 aromatic carbocycles. The van der Waals surface area contributed by atoms with E-state index in [1.54, 1.807) is 7.11 Å². The molecule has 0 aromatic heterocycles. The maximum absolute atomic E-state index is 9.21. The second-order valence-electron chi connectivity index (χ2n) is 4.97. The first-order valence-electron chi connectivity index (χ1n) is 6.71. The lowest BCUT2D eigenvalue weighted by Gasteiger charge is -2.14. The molecule has 0 spiro atoms. The Morgan fingerprint density at radius 2 is 1.71 bits per heavy atom. The summed E-state index contributed by atoms with van der Waals surface area (Å²) in [5, 5.41) is 9.21. The van der Waals surface area contributed by atoms with Crippen LogP contribution in [0.3, 0.4) is 0 Å². The molecule has 0 unspecified atom stereocenters. The van der Waals surface area contributed by atoms with Crippen molar-refractivity contribution in [1.82, 2.24) is 0 Å². The maximum Gasteiger partial charge on any atom is 0.133 e. The number of methoxy groups -OCH3 is 1. The highest BCUT2D eigenvalue weighted by Crippen LogP contribution is 2.28. The highest BCUT2D eigenvalue weighted by atomic mass is 79.9. The van der Waals surface area contributed by atoms with Gasteiger partial charge in [-0.2, -0.15) is 0 Å². The van der Waals surface area contributed by atoms with E-state index in [2.05, 4.69) is 15.9 Å². The molecule has 2 rings (SSSR count). The Hall–Kier alpha value is -1.52. The lowest BCUT2D eigenvalue weighted by molar-refractivity contribution is 0.280. The highest BCUT2D eigenvalue weighted by molar-refractivity contribution is 9.10. The highest BCUT2D eigenvalue weighted by Gasteiger charge is 2.08. The predicted octanol–water partition coefficient (Wildman–Crippen LogP) is 4.15. The van der Waals surface area contributed by atoms with Crippen LogP contribution in [0.5, 0.6) is 11.5 Å². The minimum absolute atomic E-state index is 0.0490. The summed E-state index contributed by atoms with van der Waals surface area (Å²) in [6.45, 7) is 4.52. The van der Waals surface area contributed by atoms with Crippen LogP contribution in [0.25, 0.3) is 0 Å². The number of aliphatic hydroxyl groups excluding tert-OH is 1. The van der Waals surface area contributed by atoms with Crippen molar-refractivity contribution in [2.75, 3.05) is 7.11 Å². The quantitative estimate of drug-likeness (QED) is 0.880. The molecule has 1 N–H and O–H groups in total. The Bertz CT molecular complexity index is 615. The molecule has 0 aliphatic heterocycles. The Labute approximate surface area is 133 Å². The van der Waals surface area contributed by atoms with E-state index >= 15 is 0 Å². The van der Waals surface area contributed by atoms with Gasteiger partial charge < -0.3 is 14.6 Å². The summed E-state index contributed by atoms with van der Waals surface area (Å²) in [7, 11) is 1.64. The second kappa shape index (κ2) is 6.96. The van der Waals surface area contributed by atoms with E-state index in [1.165, 1.54) is 0 Å². The standard InChI is InChI=1S/C17H19BrO3/c1-11-6-14(9-19)7-12(2)17(11)21-10-13-4-5-16(20-3)15(18)8-13/h4-8,19H,9-10H2,1-3H3. The second-order valence-corrected chi connectivity index (χ2v) is 5.83. The summed E-state index contributed by atoms with van der Waals surface area (Å²) in [4.78, 5) is 0. The molecule has 0 amide bonds. The summed E-state index contributed by atoms with van der Waals surface area (Å²) in [5.74, 6) is 1.68. The maximum atomic E-state index is 9.21. The molecule has 3 nitrogen and oxygen atoms in total. The number of ether oxygens (including phenoxy) is 2. The van der Waals surface area contributed by atoms with E-state index in [0.717, 1.165) is 38.2 Å². The molecule has 0 saturated heterocycles. The summed E-state index contributed by atoms with van der Waals surface area (Å²) >= 11 is 3.47. The van der Waals surface area contributed by atoms with Gasteiger partial charge in [0.05, 0.1) is 18.2 Å². The number of benzene rings is 2. The van der Waals surface area contributed by atoms with Crippen molar-refractivity contribution in [1.29, 1.82) is 0 Å². The first-order valence-corrected chi connectivity index (χ1v) is 7.50. The number of hydrogen-bond donors (Lipinski definition) is 1. The fraction of sp³-hybridized carbons (Fsp3) is 0.294. The largest absolute Gasteiger partial charge is 0.496 e. The van der Waals surface area contributed by atoms with Crippen LogP contribution in [0, 0.1) is 13.8 Å². The van der Waals surface area contributed by atoms with Crippen LogP contribution in [-0.4, -0.2) is 12.2 Å². The van der Waals surface area contributed by atoms with E-state index in [0.29, 0.717) is 6.61 Å². The van der Waals surface area contributed by atoms with E-state index in [9.17, 15) is 5.11 Å². The number of rotatable bonds is 5. The zero-order valence-corrected chi connectivity index (χ0v) is 14.0. The zero-order valence-electron chi connectivity index (χ0n) is 12.4. The van der Waals surface area contributed by atoms with Gasteiger partial charge in [0, 0.05) is 0 Å². The molecular formula is C17H19BrO3. The van der Waals surface area contributed by atoms with Crippen molar-refractivity contribution in [3.8, 4) is 11.5 Å². The minimum atomic E-state index is 0.0490. The molecular weight excluding hydrogens is 332 g/mol. The Balaban J connectivity index is 2.15. The molecule has 0 saturated carbocycles. The van der Waals surface area contributed by atoms with Gasteiger partial charge in [-0.05, 0) is 64.2 Å². The molecule has 0 aliphatic carbocycles. The van der Waals surface area contributed by atoms with Crippen molar-refractivity contribution in [3.63, 3.8) is 0 Å². The third kappa shape index (κ3) is 3.77. The van der Waals surface area contributed by atoms with Crippen LogP contribution < -0.4 is 9.47 Å². The third-order valence-corrected chi connectivity index (χ3v) is 3.92. The lowest BCUT2D eigenvalue weighted by Crippen LogP contribution is -2.00. The topological polar surface area (TPSA) is 38.7 Å². The van der Waals surface area contributed by atoms with E-state index in [4.69, 9.17) is 9.47 Å². The first-order chi connectivity index (χ1) is 10.0. The fourth-order valence-electron chi connectivity index (χ4n) is 2.31. The van der Waals surface area contributed by atoms with E-state index in [1.807, 2.05) is 44.2 Å². The van der Waals surface area contributed by atoms with Crippen LogP contribution in [-0.2, 0) is 13.2 Å². The van der Waals surface area contributed by atoms with Crippen LogP contribution in [0.15, 0.2) is 34.8 Å². The Morgan fingerprint density at radius 1 is 1.05 bits per heavy atom. The van der Waals surface area contributed by atoms with Crippen molar-refractivity contribution < 1.29 is 14.6 Å². The third-order valence-electron chi connectivity index (χ3n) is 3.30. The molecule has 0 radical (unpaired) electrons. The van der Waals surface area contributed by atoms with Crippen molar-refractivity contribution in [3.05, 3.63) is 57.1 Å². The van der Waals surface area contributed by atoms with E-state index in [-0.39, 0.29) is 6.61 Å². The van der Waals surface area contributed by atoms with Gasteiger partial charge in [-0.3, -0.25) is 0 Å². The zero-order chi connectivity index (χ0) is 15.4. The monoisotopic (exact) mass is 350 g/mol. The molecule has 4 heteroatoms. The van der Waals surface area contributed by atoms with Crippen molar-refractivity contribution >= 4 is 15.9 Å². The Morgan fingerprint density at radius 3 is 2.24 bits per heavy atom. The predicted molar refractivity (Wildman–Crippen MR) is 86.9 cm³/mol. The molecule has 2 aromatic rings. The molecule has 0 heterocycles. The summed E-state index contributed by atoms with van der Waals surface area (Å²) < 4.78 is 12.1. The van der Waals surface area contributed by atoms with Gasteiger partial charge in [0.2, 0.25) is 0 Å². The average molecular weight is 351 g/mol. The van der Waals surface area contributed by atoms with E-state index < -0.39 is 0 Å². The first kappa shape index (κ1) is 15.9. The fourth-order valence-corrected chi connectivity index (χ4v) is 2.90. The lowest BCUT2D eigenvalue weighted by atomic mass is 10.1. The number of halogens is 1. The van der Waals surface area contributed by atoms with Gasteiger partial charge >= 0.3 is 0 Å². The SMILES string of the molecule is COc1ccc(COc2c(C)cc(CO)cc2C)cc1Br. The summed E-state index contributed by atoms with van der Waals surface area (Å²) in [6, 6.07) is 9.79. The summed E-state index contributed by atoms with van der Waals surface area (Å²) in [5.41, 5.74) is 4.04. The van der Waals surface area contributed by atoms with Gasteiger partial charge in [0.1, 0.15) is 18.1 Å². The van der Waals surface area contributed by atoms with Gasteiger partial charge in [0.15, 0.2) is 0 Å². The van der Waals surface area contributed by atoms with Gasteiger partial charge in [-0.1, -0.05) is 18.2 Å². The number of hydrogen-bond acceptors (Lipinski definition) is 3. The molecule has 21 heavy (non-hydrogen) atoms. The van der Waals surface area contributed by atoms with Crippen LogP contribution in [0.2, 0.25) is 0 Å².